The molecule has 0 aliphatic carbocycles. The fourth-order valence-electron chi connectivity index (χ4n) is 2.99. The molecule has 0 unspecified atom stereocenters. The van der Waals surface area contributed by atoms with Gasteiger partial charge in [-0.05, 0) is 41.8 Å². The zero-order valence-corrected chi connectivity index (χ0v) is 12.6. The molecule has 0 saturated carbocycles. The Morgan fingerprint density at radius 3 is 2.55 bits per heavy atom. The molecule has 0 radical (unpaired) electrons. The van der Waals surface area contributed by atoms with Crippen LogP contribution in [0.3, 0.4) is 0 Å². The van der Waals surface area contributed by atoms with Gasteiger partial charge in [0.05, 0.1) is 7.11 Å². The molecule has 0 fully saturated rings. The summed E-state index contributed by atoms with van der Waals surface area (Å²) in [7, 11) is 1.71. The van der Waals surface area contributed by atoms with Crippen LogP contribution >= 0.6 is 0 Å². The van der Waals surface area contributed by atoms with Gasteiger partial charge in [-0.1, -0.05) is 18.2 Å². The Balaban J connectivity index is 1.54. The maximum absolute atomic E-state index is 5.33. The molecule has 0 atom stereocenters. The third-order valence-electron chi connectivity index (χ3n) is 4.16. The summed E-state index contributed by atoms with van der Waals surface area (Å²) in [5, 5.41) is 9.07. The minimum Gasteiger partial charge on any atom is -0.497 e. The zero-order valence-electron chi connectivity index (χ0n) is 12.6. The summed E-state index contributed by atoms with van der Waals surface area (Å²) in [4.78, 5) is 4.15. The number of methoxy groups -OCH3 is 1. The van der Waals surface area contributed by atoms with Gasteiger partial charge in [0.15, 0.2) is 0 Å². The van der Waals surface area contributed by atoms with Crippen molar-refractivity contribution in [2.45, 2.75) is 19.6 Å². The highest BCUT2D eigenvalue weighted by atomic mass is 16.5. The second-order valence-electron chi connectivity index (χ2n) is 5.64. The molecule has 1 aromatic heterocycles. The van der Waals surface area contributed by atoms with E-state index in [0.29, 0.717) is 6.67 Å². The molecule has 3 aromatic rings. The third kappa shape index (κ3) is 2.44. The van der Waals surface area contributed by atoms with Crippen LogP contribution in [0.15, 0.2) is 42.5 Å². The topological polar surface area (TPSA) is 43.2 Å². The van der Waals surface area contributed by atoms with E-state index in [1.54, 1.807) is 11.9 Å². The second kappa shape index (κ2) is 5.42. The molecule has 0 amide bonds. The molecule has 0 bridgehead atoms. The van der Waals surface area contributed by atoms with Crippen molar-refractivity contribution in [3.05, 3.63) is 53.6 Å². The molecule has 0 spiro atoms. The predicted molar refractivity (Wildman–Crippen MR) is 84.6 cm³/mol. The quantitative estimate of drug-likeness (QED) is 0.744. The van der Waals surface area contributed by atoms with Crippen LogP contribution in [0.5, 0.6) is 5.75 Å². The van der Waals surface area contributed by atoms with Gasteiger partial charge in [-0.15, -0.1) is 0 Å². The van der Waals surface area contributed by atoms with E-state index in [0.717, 1.165) is 36.3 Å². The lowest BCUT2D eigenvalue weighted by Gasteiger charge is -2.28. The van der Waals surface area contributed by atoms with E-state index in [-0.39, 0.29) is 0 Å². The van der Waals surface area contributed by atoms with Crippen molar-refractivity contribution in [3.8, 4) is 5.75 Å². The Labute approximate surface area is 129 Å². The van der Waals surface area contributed by atoms with Gasteiger partial charge in [-0.2, -0.15) is 15.0 Å². The number of nitrogens with zero attached hydrogens (tertiary/aromatic N) is 4. The first kappa shape index (κ1) is 13.3. The SMILES string of the molecule is COc1ccc2c(c1)CN(Cn1nc3ccccc3n1)CC2. The monoisotopic (exact) mass is 294 g/mol. The van der Waals surface area contributed by atoms with E-state index in [1.807, 2.05) is 30.3 Å². The summed E-state index contributed by atoms with van der Waals surface area (Å²) in [5.41, 5.74) is 4.64. The molecule has 1 aliphatic rings. The lowest BCUT2D eigenvalue weighted by atomic mass is 10.00. The molecule has 4 rings (SSSR count). The van der Waals surface area contributed by atoms with Crippen molar-refractivity contribution < 1.29 is 4.74 Å². The fourth-order valence-corrected chi connectivity index (χ4v) is 2.99. The van der Waals surface area contributed by atoms with Crippen molar-refractivity contribution in [2.24, 2.45) is 0 Å². The van der Waals surface area contributed by atoms with Gasteiger partial charge in [-0.3, -0.25) is 4.90 Å². The van der Waals surface area contributed by atoms with Crippen LogP contribution in [-0.4, -0.2) is 33.5 Å². The van der Waals surface area contributed by atoms with Gasteiger partial charge in [-0.25, -0.2) is 0 Å². The summed E-state index contributed by atoms with van der Waals surface area (Å²) in [6.45, 7) is 2.65. The first-order valence-electron chi connectivity index (χ1n) is 7.50. The van der Waals surface area contributed by atoms with Crippen LogP contribution in [-0.2, 0) is 19.6 Å². The molecule has 112 valence electrons. The van der Waals surface area contributed by atoms with Gasteiger partial charge < -0.3 is 4.74 Å². The van der Waals surface area contributed by atoms with Crippen LogP contribution in [0.25, 0.3) is 11.0 Å². The van der Waals surface area contributed by atoms with Crippen molar-refractivity contribution in [1.82, 2.24) is 19.9 Å². The van der Waals surface area contributed by atoms with Gasteiger partial charge in [0.25, 0.3) is 0 Å². The molecule has 22 heavy (non-hydrogen) atoms. The lowest BCUT2D eigenvalue weighted by Crippen LogP contribution is -2.33. The molecule has 0 N–H and O–H groups in total. The Kier molecular flexibility index (Phi) is 3.27. The first-order chi connectivity index (χ1) is 10.8. The minimum absolute atomic E-state index is 0.714. The highest BCUT2D eigenvalue weighted by molar-refractivity contribution is 5.72. The Hall–Kier alpha value is -2.40. The third-order valence-corrected chi connectivity index (χ3v) is 4.16. The highest BCUT2D eigenvalue weighted by Crippen LogP contribution is 2.24. The van der Waals surface area contributed by atoms with E-state index < -0.39 is 0 Å². The molecule has 5 heteroatoms. The second-order valence-corrected chi connectivity index (χ2v) is 5.64. The van der Waals surface area contributed by atoms with Crippen LogP contribution < -0.4 is 4.74 Å². The predicted octanol–water partition coefficient (Wildman–Crippen LogP) is 2.46. The number of rotatable bonds is 3. The summed E-state index contributed by atoms with van der Waals surface area (Å²) in [5.74, 6) is 0.920. The first-order valence-corrected chi connectivity index (χ1v) is 7.50. The summed E-state index contributed by atoms with van der Waals surface area (Å²) >= 11 is 0. The maximum Gasteiger partial charge on any atom is 0.119 e. The van der Waals surface area contributed by atoms with E-state index in [4.69, 9.17) is 4.74 Å². The summed E-state index contributed by atoms with van der Waals surface area (Å²) in [6.07, 6.45) is 1.06. The van der Waals surface area contributed by atoms with Crippen LogP contribution in [0, 0.1) is 0 Å². The molecular formula is C17H18N4O. The lowest BCUT2D eigenvalue weighted by molar-refractivity contribution is 0.178. The van der Waals surface area contributed by atoms with Crippen LogP contribution in [0.2, 0.25) is 0 Å². The van der Waals surface area contributed by atoms with Crippen molar-refractivity contribution in [1.29, 1.82) is 0 Å². The van der Waals surface area contributed by atoms with Gasteiger partial charge in [0, 0.05) is 13.1 Å². The van der Waals surface area contributed by atoms with Crippen molar-refractivity contribution >= 4 is 11.0 Å². The molecule has 2 aromatic carbocycles. The van der Waals surface area contributed by atoms with Gasteiger partial charge >= 0.3 is 0 Å². The number of hydrogen-bond donors (Lipinski definition) is 0. The molecule has 0 saturated heterocycles. The Bertz CT molecular complexity index is 778. The van der Waals surface area contributed by atoms with Crippen molar-refractivity contribution in [2.75, 3.05) is 13.7 Å². The number of benzene rings is 2. The zero-order chi connectivity index (χ0) is 14.9. The summed E-state index contributed by atoms with van der Waals surface area (Å²) < 4.78 is 5.33. The van der Waals surface area contributed by atoms with E-state index in [1.165, 1.54) is 11.1 Å². The number of hydrogen-bond acceptors (Lipinski definition) is 4. The van der Waals surface area contributed by atoms with E-state index in [9.17, 15) is 0 Å². The Morgan fingerprint density at radius 2 is 1.82 bits per heavy atom. The van der Waals surface area contributed by atoms with Crippen molar-refractivity contribution in [3.63, 3.8) is 0 Å². The largest absolute Gasteiger partial charge is 0.497 e. The average molecular weight is 294 g/mol. The van der Waals surface area contributed by atoms with Crippen LogP contribution in [0.4, 0.5) is 0 Å². The van der Waals surface area contributed by atoms with E-state index >= 15 is 0 Å². The Morgan fingerprint density at radius 1 is 1.05 bits per heavy atom. The standard InChI is InChI=1S/C17H18N4O/c1-22-15-7-6-13-8-9-20(11-14(13)10-15)12-21-18-16-4-2-3-5-17(16)19-21/h2-7,10H,8-9,11-12H2,1H3. The number of ether oxygens (including phenoxy) is 1. The smallest absolute Gasteiger partial charge is 0.119 e. The van der Waals surface area contributed by atoms with Gasteiger partial charge in [0.2, 0.25) is 0 Å². The number of aromatic nitrogens is 3. The molecule has 1 aliphatic heterocycles. The fraction of sp³-hybridized carbons (Fsp3) is 0.294. The average Bonchev–Trinajstić information content (AvgIpc) is 2.96. The van der Waals surface area contributed by atoms with Gasteiger partial charge in [0.1, 0.15) is 23.5 Å². The maximum atomic E-state index is 5.33. The number of fused-ring (bicyclic) bond motifs is 2. The van der Waals surface area contributed by atoms with E-state index in [2.05, 4.69) is 27.2 Å². The van der Waals surface area contributed by atoms with Crippen LogP contribution in [0.1, 0.15) is 11.1 Å². The normalized spacial score (nSPS) is 15.0. The molecule has 5 nitrogen and oxygen atoms in total. The molecule has 2 heterocycles. The molecular weight excluding hydrogens is 276 g/mol. The highest BCUT2D eigenvalue weighted by Gasteiger charge is 2.17. The summed E-state index contributed by atoms with van der Waals surface area (Å²) in [6, 6.07) is 14.3. The minimum atomic E-state index is 0.714.